The summed E-state index contributed by atoms with van der Waals surface area (Å²) in [5, 5.41) is 7.84. The lowest BCUT2D eigenvalue weighted by atomic mass is 9.97. The maximum absolute atomic E-state index is 4.48. The van der Waals surface area contributed by atoms with Crippen molar-refractivity contribution >= 4 is 0 Å². The fourth-order valence-electron chi connectivity index (χ4n) is 2.21. The summed E-state index contributed by atoms with van der Waals surface area (Å²) in [4.78, 5) is 0. The van der Waals surface area contributed by atoms with Crippen LogP contribution in [0.15, 0.2) is 30.5 Å². The Morgan fingerprint density at radius 3 is 2.67 bits per heavy atom. The second kappa shape index (κ2) is 5.36. The summed E-state index contributed by atoms with van der Waals surface area (Å²) < 4.78 is 1.85. The van der Waals surface area contributed by atoms with Crippen LogP contribution in [0.4, 0.5) is 0 Å². The first-order valence-electron chi connectivity index (χ1n) is 6.33. The molecule has 0 aliphatic heterocycles. The quantitative estimate of drug-likeness (QED) is 0.894. The van der Waals surface area contributed by atoms with Crippen molar-refractivity contribution in [2.24, 2.45) is 7.05 Å². The van der Waals surface area contributed by atoms with E-state index < -0.39 is 0 Å². The molecule has 0 spiro atoms. The molecule has 1 atom stereocenters. The highest BCUT2D eigenvalue weighted by molar-refractivity contribution is 5.31. The number of likely N-dealkylation sites (N-methyl/N-ethyl adjacent to an activating group) is 1. The second-order valence-corrected chi connectivity index (χ2v) is 4.89. The number of benzene rings is 1. The van der Waals surface area contributed by atoms with Crippen molar-refractivity contribution in [2.45, 2.75) is 26.3 Å². The number of rotatable bonds is 4. The third-order valence-corrected chi connectivity index (χ3v) is 3.37. The first-order chi connectivity index (χ1) is 8.60. The van der Waals surface area contributed by atoms with Crippen LogP contribution in [-0.2, 0) is 13.5 Å². The van der Waals surface area contributed by atoms with E-state index in [-0.39, 0.29) is 6.04 Å². The Balaban J connectivity index is 2.22. The molecule has 0 radical (unpaired) electrons. The van der Waals surface area contributed by atoms with Gasteiger partial charge in [-0.25, -0.2) is 0 Å². The maximum atomic E-state index is 4.48. The van der Waals surface area contributed by atoms with E-state index in [1.165, 1.54) is 16.7 Å². The number of nitrogens with zero attached hydrogens (tertiary/aromatic N) is 2. The van der Waals surface area contributed by atoms with Crippen molar-refractivity contribution in [3.8, 4) is 0 Å². The molecule has 96 valence electrons. The molecule has 0 amide bonds. The smallest absolute Gasteiger partial charge is 0.0797 e. The van der Waals surface area contributed by atoms with Crippen molar-refractivity contribution in [3.05, 3.63) is 52.8 Å². The number of aryl methyl sites for hydroxylation is 3. The standard InChI is InChI=1S/C15H21N3/c1-11-5-6-12(2)13(9-11)10-15(16-3)14-7-8-18(4)17-14/h5-9,15-16H,10H2,1-4H3. The molecule has 3 nitrogen and oxygen atoms in total. The van der Waals surface area contributed by atoms with Crippen LogP contribution in [0.3, 0.4) is 0 Å². The summed E-state index contributed by atoms with van der Waals surface area (Å²) in [5.74, 6) is 0. The lowest BCUT2D eigenvalue weighted by Crippen LogP contribution is -2.20. The van der Waals surface area contributed by atoms with E-state index >= 15 is 0 Å². The summed E-state index contributed by atoms with van der Waals surface area (Å²) in [6, 6.07) is 8.96. The normalized spacial score (nSPS) is 12.7. The molecule has 18 heavy (non-hydrogen) atoms. The maximum Gasteiger partial charge on any atom is 0.0797 e. The van der Waals surface area contributed by atoms with E-state index in [2.05, 4.69) is 48.5 Å². The fourth-order valence-corrected chi connectivity index (χ4v) is 2.21. The van der Waals surface area contributed by atoms with Crippen molar-refractivity contribution < 1.29 is 0 Å². The Bertz CT molecular complexity index is 528. The molecule has 2 rings (SSSR count). The van der Waals surface area contributed by atoms with Crippen molar-refractivity contribution in [1.82, 2.24) is 15.1 Å². The van der Waals surface area contributed by atoms with Crippen LogP contribution in [0.1, 0.15) is 28.4 Å². The molecular weight excluding hydrogens is 222 g/mol. The topological polar surface area (TPSA) is 29.9 Å². The zero-order chi connectivity index (χ0) is 13.1. The van der Waals surface area contributed by atoms with E-state index in [9.17, 15) is 0 Å². The number of hydrogen-bond donors (Lipinski definition) is 1. The molecule has 0 aliphatic rings. The van der Waals surface area contributed by atoms with Gasteiger partial charge in [0.15, 0.2) is 0 Å². The lowest BCUT2D eigenvalue weighted by Gasteiger charge is -2.16. The van der Waals surface area contributed by atoms with E-state index in [4.69, 9.17) is 0 Å². The predicted molar refractivity (Wildman–Crippen MR) is 74.6 cm³/mol. The van der Waals surface area contributed by atoms with E-state index in [0.29, 0.717) is 0 Å². The van der Waals surface area contributed by atoms with E-state index in [0.717, 1.165) is 12.1 Å². The van der Waals surface area contributed by atoms with E-state index in [1.807, 2.05) is 25.0 Å². The molecule has 0 saturated heterocycles. The van der Waals surface area contributed by atoms with Crippen molar-refractivity contribution in [3.63, 3.8) is 0 Å². The lowest BCUT2D eigenvalue weighted by molar-refractivity contribution is 0.561. The Morgan fingerprint density at radius 2 is 2.06 bits per heavy atom. The average Bonchev–Trinajstić information content (AvgIpc) is 2.77. The predicted octanol–water partition coefficient (Wildman–Crippen LogP) is 2.54. The van der Waals surface area contributed by atoms with Gasteiger partial charge in [0.2, 0.25) is 0 Å². The molecule has 0 saturated carbocycles. The summed E-state index contributed by atoms with van der Waals surface area (Å²) in [6.45, 7) is 4.30. The third kappa shape index (κ3) is 2.79. The summed E-state index contributed by atoms with van der Waals surface area (Å²) >= 11 is 0. The highest BCUT2D eigenvalue weighted by Crippen LogP contribution is 2.19. The molecule has 1 heterocycles. The molecule has 2 aromatic rings. The van der Waals surface area contributed by atoms with Gasteiger partial charge < -0.3 is 5.32 Å². The van der Waals surface area contributed by atoms with Crippen LogP contribution < -0.4 is 5.32 Å². The molecule has 1 aromatic heterocycles. The Labute approximate surface area is 109 Å². The Morgan fingerprint density at radius 1 is 1.28 bits per heavy atom. The van der Waals surface area contributed by atoms with Crippen LogP contribution in [0, 0.1) is 13.8 Å². The number of hydrogen-bond acceptors (Lipinski definition) is 2. The molecule has 0 bridgehead atoms. The SMILES string of the molecule is CNC(Cc1cc(C)ccc1C)c1ccn(C)n1. The van der Waals surface area contributed by atoms with Crippen molar-refractivity contribution in [1.29, 1.82) is 0 Å². The van der Waals surface area contributed by atoms with Gasteiger partial charge in [-0.15, -0.1) is 0 Å². The molecule has 3 heteroatoms. The molecule has 1 N–H and O–H groups in total. The first-order valence-corrected chi connectivity index (χ1v) is 6.33. The van der Waals surface area contributed by atoms with Crippen LogP contribution in [0.25, 0.3) is 0 Å². The van der Waals surface area contributed by atoms with Gasteiger partial charge in [0.25, 0.3) is 0 Å². The number of nitrogens with one attached hydrogen (secondary N) is 1. The van der Waals surface area contributed by atoms with Gasteiger partial charge in [0.05, 0.1) is 11.7 Å². The molecule has 0 aliphatic carbocycles. The molecule has 1 unspecified atom stereocenters. The van der Waals surface area contributed by atoms with Crippen LogP contribution in [0.5, 0.6) is 0 Å². The molecule has 0 fully saturated rings. The zero-order valence-corrected chi connectivity index (χ0v) is 11.6. The average molecular weight is 243 g/mol. The highest BCUT2D eigenvalue weighted by Gasteiger charge is 2.14. The zero-order valence-electron chi connectivity index (χ0n) is 11.6. The minimum absolute atomic E-state index is 0.270. The highest BCUT2D eigenvalue weighted by atomic mass is 15.3. The first kappa shape index (κ1) is 12.8. The van der Waals surface area contributed by atoms with Crippen LogP contribution >= 0.6 is 0 Å². The Hall–Kier alpha value is -1.61. The van der Waals surface area contributed by atoms with Gasteiger partial charge in [-0.2, -0.15) is 5.10 Å². The number of aromatic nitrogens is 2. The van der Waals surface area contributed by atoms with Gasteiger partial charge in [0.1, 0.15) is 0 Å². The summed E-state index contributed by atoms with van der Waals surface area (Å²) in [7, 11) is 3.94. The summed E-state index contributed by atoms with van der Waals surface area (Å²) in [5.41, 5.74) is 5.14. The molecular formula is C15H21N3. The van der Waals surface area contributed by atoms with Gasteiger partial charge in [-0.05, 0) is 44.5 Å². The van der Waals surface area contributed by atoms with Crippen molar-refractivity contribution in [2.75, 3.05) is 7.05 Å². The van der Waals surface area contributed by atoms with Gasteiger partial charge >= 0.3 is 0 Å². The molecule has 1 aromatic carbocycles. The van der Waals surface area contributed by atoms with Gasteiger partial charge in [0, 0.05) is 13.2 Å². The van der Waals surface area contributed by atoms with Gasteiger partial charge in [-0.3, -0.25) is 4.68 Å². The van der Waals surface area contributed by atoms with E-state index in [1.54, 1.807) is 0 Å². The largest absolute Gasteiger partial charge is 0.311 e. The van der Waals surface area contributed by atoms with Gasteiger partial charge in [-0.1, -0.05) is 23.8 Å². The Kier molecular flexibility index (Phi) is 3.82. The van der Waals surface area contributed by atoms with Crippen LogP contribution in [-0.4, -0.2) is 16.8 Å². The third-order valence-electron chi connectivity index (χ3n) is 3.37. The second-order valence-electron chi connectivity index (χ2n) is 4.89. The fraction of sp³-hybridized carbons (Fsp3) is 0.400. The summed E-state index contributed by atoms with van der Waals surface area (Å²) in [6.07, 6.45) is 2.96. The minimum atomic E-state index is 0.270. The monoisotopic (exact) mass is 243 g/mol. The van der Waals surface area contributed by atoms with Crippen LogP contribution in [0.2, 0.25) is 0 Å². The minimum Gasteiger partial charge on any atom is -0.311 e.